The number of halogens is 2. The molecule has 94 valence electrons. The average molecular weight is 304 g/mol. The first-order valence-electron chi connectivity index (χ1n) is 5.19. The van der Waals surface area contributed by atoms with E-state index < -0.39 is 5.82 Å². The largest absolute Gasteiger partial charge is 0.359 e. The summed E-state index contributed by atoms with van der Waals surface area (Å²) in [6, 6.07) is 1.35. The third-order valence-electron chi connectivity index (χ3n) is 2.39. The fourth-order valence-corrected chi connectivity index (χ4v) is 1.82. The Bertz CT molecular complexity index is 414. The Morgan fingerprint density at radius 3 is 2.88 bits per heavy atom. The van der Waals surface area contributed by atoms with Crippen LogP contribution in [0.25, 0.3) is 0 Å². The lowest BCUT2D eigenvalue weighted by Crippen LogP contribution is -2.35. The number of hydrogen-bond donors (Lipinski definition) is 1. The minimum Gasteiger partial charge on any atom is -0.359 e. The van der Waals surface area contributed by atoms with E-state index in [1.807, 2.05) is 0 Å². The molecule has 0 bridgehead atoms. The summed E-state index contributed by atoms with van der Waals surface area (Å²) in [6.45, 7) is 2.19. The predicted molar refractivity (Wildman–Crippen MR) is 68.4 cm³/mol. The van der Waals surface area contributed by atoms with E-state index in [1.54, 1.807) is 25.9 Å². The van der Waals surface area contributed by atoms with Gasteiger partial charge in [-0.3, -0.25) is 4.79 Å². The van der Waals surface area contributed by atoms with Gasteiger partial charge in [0.25, 0.3) is 0 Å². The van der Waals surface area contributed by atoms with Gasteiger partial charge in [0.05, 0.1) is 5.92 Å². The van der Waals surface area contributed by atoms with Crippen molar-refractivity contribution in [1.82, 2.24) is 10.3 Å². The lowest BCUT2D eigenvalue weighted by atomic mass is 10.1. The molecule has 4 nitrogen and oxygen atoms in total. The van der Waals surface area contributed by atoms with Crippen LogP contribution in [0.2, 0.25) is 0 Å². The van der Waals surface area contributed by atoms with Crippen LogP contribution in [0.4, 0.5) is 10.2 Å². The lowest BCUT2D eigenvalue weighted by Gasteiger charge is -2.21. The summed E-state index contributed by atoms with van der Waals surface area (Å²) in [5.74, 6) is -0.473. The molecule has 0 fully saturated rings. The van der Waals surface area contributed by atoms with Crippen LogP contribution in [0.5, 0.6) is 0 Å². The number of aromatic nitrogens is 1. The topological polar surface area (TPSA) is 45.2 Å². The minimum atomic E-state index is -0.411. The Balaban J connectivity index is 2.76. The molecular weight excluding hydrogens is 289 g/mol. The molecule has 0 aliphatic heterocycles. The van der Waals surface area contributed by atoms with Gasteiger partial charge < -0.3 is 10.2 Å². The van der Waals surface area contributed by atoms with Gasteiger partial charge in [0.1, 0.15) is 0 Å². The van der Waals surface area contributed by atoms with Crippen molar-refractivity contribution in [3.8, 4) is 0 Å². The fourth-order valence-electron chi connectivity index (χ4n) is 1.51. The summed E-state index contributed by atoms with van der Waals surface area (Å²) >= 11 is 3.15. The number of anilines is 1. The van der Waals surface area contributed by atoms with Gasteiger partial charge in [-0.15, -0.1) is 0 Å². The van der Waals surface area contributed by atoms with Crippen LogP contribution < -0.4 is 10.2 Å². The molecule has 0 radical (unpaired) electrons. The van der Waals surface area contributed by atoms with Gasteiger partial charge in [-0.25, -0.2) is 9.37 Å². The Hall–Kier alpha value is -1.17. The summed E-state index contributed by atoms with van der Waals surface area (Å²) in [4.78, 5) is 17.0. The molecule has 17 heavy (non-hydrogen) atoms. The SMILES string of the molecule is CNC(=O)[C@H](C)CN(C)c1ncc(Br)cc1F. The van der Waals surface area contributed by atoms with Gasteiger partial charge in [0, 0.05) is 31.3 Å². The number of nitrogens with zero attached hydrogens (tertiary/aromatic N) is 2. The first kappa shape index (κ1) is 13.9. The number of carbonyl (C=O) groups excluding carboxylic acids is 1. The molecule has 1 atom stereocenters. The van der Waals surface area contributed by atoms with E-state index in [0.29, 0.717) is 11.0 Å². The van der Waals surface area contributed by atoms with Crippen molar-refractivity contribution in [3.63, 3.8) is 0 Å². The van der Waals surface area contributed by atoms with Gasteiger partial charge in [-0.2, -0.15) is 0 Å². The molecular formula is C11H15BrFN3O. The van der Waals surface area contributed by atoms with E-state index in [0.717, 1.165) is 0 Å². The maximum atomic E-state index is 13.6. The molecule has 1 aromatic rings. The Kier molecular flexibility index (Phi) is 4.86. The summed E-state index contributed by atoms with van der Waals surface area (Å²) in [6.07, 6.45) is 1.53. The third kappa shape index (κ3) is 3.66. The molecule has 1 heterocycles. The first-order valence-corrected chi connectivity index (χ1v) is 5.98. The van der Waals surface area contributed by atoms with Gasteiger partial charge in [0.15, 0.2) is 11.6 Å². The molecule has 0 saturated heterocycles. The standard InChI is InChI=1S/C11H15BrFN3O/c1-7(11(17)14-2)6-16(3)10-9(13)4-8(12)5-15-10/h4-5,7H,6H2,1-3H3,(H,14,17)/t7-/m1/s1. The molecule has 0 saturated carbocycles. The molecule has 1 amide bonds. The number of rotatable bonds is 4. The second-order valence-electron chi connectivity index (χ2n) is 3.85. The van der Waals surface area contributed by atoms with Crippen LogP contribution in [-0.2, 0) is 4.79 Å². The van der Waals surface area contributed by atoms with E-state index in [9.17, 15) is 9.18 Å². The molecule has 1 rings (SSSR count). The van der Waals surface area contributed by atoms with Crippen LogP contribution >= 0.6 is 15.9 Å². The second kappa shape index (κ2) is 5.95. The van der Waals surface area contributed by atoms with Crippen LogP contribution in [-0.4, -0.2) is 31.5 Å². The molecule has 6 heteroatoms. The third-order valence-corrected chi connectivity index (χ3v) is 2.83. The minimum absolute atomic E-state index is 0.0747. The number of carbonyl (C=O) groups is 1. The van der Waals surface area contributed by atoms with Crippen molar-refractivity contribution in [3.05, 3.63) is 22.6 Å². The highest BCUT2D eigenvalue weighted by atomic mass is 79.9. The van der Waals surface area contributed by atoms with E-state index in [2.05, 4.69) is 26.2 Å². The number of nitrogens with one attached hydrogen (secondary N) is 1. The molecule has 0 aliphatic carbocycles. The quantitative estimate of drug-likeness (QED) is 0.922. The molecule has 0 spiro atoms. The number of amides is 1. The molecule has 1 aromatic heterocycles. The maximum Gasteiger partial charge on any atom is 0.224 e. The smallest absolute Gasteiger partial charge is 0.224 e. The predicted octanol–water partition coefficient (Wildman–Crippen LogP) is 1.80. The van der Waals surface area contributed by atoms with Crippen LogP contribution in [0.1, 0.15) is 6.92 Å². The highest BCUT2D eigenvalue weighted by Crippen LogP contribution is 2.19. The van der Waals surface area contributed by atoms with Crippen molar-refractivity contribution in [1.29, 1.82) is 0 Å². The normalized spacial score (nSPS) is 12.1. The first-order chi connectivity index (χ1) is 7.95. The highest BCUT2D eigenvalue weighted by Gasteiger charge is 2.16. The molecule has 0 aliphatic rings. The second-order valence-corrected chi connectivity index (χ2v) is 4.77. The van der Waals surface area contributed by atoms with Crippen LogP contribution in [0, 0.1) is 11.7 Å². The van der Waals surface area contributed by atoms with E-state index >= 15 is 0 Å². The van der Waals surface area contributed by atoms with Crippen LogP contribution in [0.15, 0.2) is 16.7 Å². The van der Waals surface area contributed by atoms with Crippen molar-refractivity contribution in [2.75, 3.05) is 25.5 Å². The van der Waals surface area contributed by atoms with Crippen molar-refractivity contribution in [2.24, 2.45) is 5.92 Å². The van der Waals surface area contributed by atoms with E-state index in [1.165, 1.54) is 12.3 Å². The Labute approximate surface area is 108 Å². The van der Waals surface area contributed by atoms with Gasteiger partial charge in [-0.05, 0) is 22.0 Å². The average Bonchev–Trinajstić information content (AvgIpc) is 2.27. The van der Waals surface area contributed by atoms with Crippen molar-refractivity contribution >= 4 is 27.7 Å². The van der Waals surface area contributed by atoms with Gasteiger partial charge in [0.2, 0.25) is 5.91 Å². The fraction of sp³-hybridized carbons (Fsp3) is 0.455. The summed E-state index contributed by atoms with van der Waals surface area (Å²) < 4.78 is 14.2. The monoisotopic (exact) mass is 303 g/mol. The number of hydrogen-bond acceptors (Lipinski definition) is 3. The Morgan fingerprint density at radius 1 is 1.71 bits per heavy atom. The number of pyridine rings is 1. The summed E-state index contributed by atoms with van der Waals surface area (Å²) in [5, 5.41) is 2.56. The van der Waals surface area contributed by atoms with Crippen molar-refractivity contribution in [2.45, 2.75) is 6.92 Å². The van der Waals surface area contributed by atoms with E-state index in [-0.39, 0.29) is 17.6 Å². The zero-order valence-electron chi connectivity index (χ0n) is 10.00. The lowest BCUT2D eigenvalue weighted by molar-refractivity contribution is -0.123. The summed E-state index contributed by atoms with van der Waals surface area (Å²) in [7, 11) is 3.29. The molecule has 0 unspecified atom stereocenters. The Morgan fingerprint density at radius 2 is 2.35 bits per heavy atom. The molecule has 1 N–H and O–H groups in total. The van der Waals surface area contributed by atoms with Gasteiger partial charge in [-0.1, -0.05) is 6.92 Å². The maximum absolute atomic E-state index is 13.6. The van der Waals surface area contributed by atoms with E-state index in [4.69, 9.17) is 0 Å². The molecule has 0 aromatic carbocycles. The van der Waals surface area contributed by atoms with Gasteiger partial charge >= 0.3 is 0 Å². The zero-order valence-corrected chi connectivity index (χ0v) is 11.6. The van der Waals surface area contributed by atoms with Crippen molar-refractivity contribution < 1.29 is 9.18 Å². The summed E-state index contributed by atoms with van der Waals surface area (Å²) in [5.41, 5.74) is 0. The van der Waals surface area contributed by atoms with Crippen LogP contribution in [0.3, 0.4) is 0 Å². The highest BCUT2D eigenvalue weighted by molar-refractivity contribution is 9.10. The zero-order chi connectivity index (χ0) is 13.0.